The van der Waals surface area contributed by atoms with Gasteiger partial charge in [-0.1, -0.05) is 6.42 Å². The van der Waals surface area contributed by atoms with Crippen molar-refractivity contribution in [2.75, 3.05) is 13.7 Å². The SMILES string of the molecule is COC(=O)CCCCCO[C@H]1O[C@H](C)[C@@H](NC=O)[C@H](O)[C@@H]1O. The molecule has 1 rings (SSSR count). The fraction of sp³-hybridized carbons (Fsp3) is 0.857. The van der Waals surface area contributed by atoms with Gasteiger partial charge in [0.05, 0.1) is 19.3 Å². The number of aliphatic hydroxyl groups is 2. The molecule has 5 atom stereocenters. The van der Waals surface area contributed by atoms with E-state index < -0.39 is 30.6 Å². The first kappa shape index (κ1) is 18.8. The van der Waals surface area contributed by atoms with E-state index >= 15 is 0 Å². The van der Waals surface area contributed by atoms with Crippen molar-refractivity contribution in [3.8, 4) is 0 Å². The number of rotatable bonds is 9. The van der Waals surface area contributed by atoms with E-state index in [2.05, 4.69) is 10.1 Å². The van der Waals surface area contributed by atoms with Crippen molar-refractivity contribution < 1.29 is 34.0 Å². The van der Waals surface area contributed by atoms with Gasteiger partial charge in [-0.15, -0.1) is 0 Å². The van der Waals surface area contributed by atoms with Crippen molar-refractivity contribution in [3.05, 3.63) is 0 Å². The highest BCUT2D eigenvalue weighted by Crippen LogP contribution is 2.22. The zero-order chi connectivity index (χ0) is 16.5. The number of hydrogen-bond donors (Lipinski definition) is 3. The second-order valence-corrected chi connectivity index (χ2v) is 5.26. The van der Waals surface area contributed by atoms with Crippen LogP contribution < -0.4 is 5.32 Å². The summed E-state index contributed by atoms with van der Waals surface area (Å²) < 4.78 is 15.4. The maximum atomic E-state index is 10.9. The molecule has 1 aliphatic rings. The van der Waals surface area contributed by atoms with E-state index in [1.54, 1.807) is 6.92 Å². The molecule has 1 saturated heterocycles. The van der Waals surface area contributed by atoms with E-state index in [1.165, 1.54) is 7.11 Å². The Balaban J connectivity index is 2.26. The van der Waals surface area contributed by atoms with Crippen LogP contribution in [0.25, 0.3) is 0 Å². The molecule has 0 spiro atoms. The zero-order valence-corrected chi connectivity index (χ0v) is 12.9. The predicted octanol–water partition coefficient (Wildman–Crippen LogP) is -0.682. The Morgan fingerprint density at radius 1 is 1.27 bits per heavy atom. The number of ether oxygens (including phenoxy) is 3. The number of nitrogens with one attached hydrogen (secondary N) is 1. The summed E-state index contributed by atoms with van der Waals surface area (Å²) in [7, 11) is 1.35. The number of carbonyl (C=O) groups excluding carboxylic acids is 2. The summed E-state index contributed by atoms with van der Waals surface area (Å²) in [6, 6.07) is -0.674. The molecule has 0 bridgehead atoms. The summed E-state index contributed by atoms with van der Waals surface area (Å²) >= 11 is 0. The number of methoxy groups -OCH3 is 1. The molecule has 0 saturated carbocycles. The number of esters is 1. The first-order chi connectivity index (χ1) is 10.5. The number of unbranched alkanes of at least 4 members (excludes halogenated alkanes) is 2. The van der Waals surface area contributed by atoms with Crippen molar-refractivity contribution in [3.63, 3.8) is 0 Å². The molecular weight excluding hydrogens is 294 g/mol. The second-order valence-electron chi connectivity index (χ2n) is 5.26. The number of hydrogen-bond acceptors (Lipinski definition) is 7. The summed E-state index contributed by atoms with van der Waals surface area (Å²) in [6.45, 7) is 2.02. The van der Waals surface area contributed by atoms with Crippen molar-refractivity contribution in [2.45, 2.75) is 63.3 Å². The predicted molar refractivity (Wildman–Crippen MR) is 75.8 cm³/mol. The first-order valence-electron chi connectivity index (χ1n) is 7.41. The molecule has 8 nitrogen and oxygen atoms in total. The van der Waals surface area contributed by atoms with Crippen LogP contribution in [0.1, 0.15) is 32.6 Å². The van der Waals surface area contributed by atoms with Crippen LogP contribution in [0.2, 0.25) is 0 Å². The largest absolute Gasteiger partial charge is 0.469 e. The third-order valence-electron chi connectivity index (χ3n) is 3.65. The minimum Gasteiger partial charge on any atom is -0.469 e. The molecule has 3 N–H and O–H groups in total. The van der Waals surface area contributed by atoms with Gasteiger partial charge in [0.2, 0.25) is 6.41 Å². The molecule has 1 heterocycles. The van der Waals surface area contributed by atoms with Crippen molar-refractivity contribution in [1.82, 2.24) is 5.32 Å². The fourth-order valence-electron chi connectivity index (χ4n) is 2.33. The number of amides is 1. The smallest absolute Gasteiger partial charge is 0.305 e. The third-order valence-corrected chi connectivity index (χ3v) is 3.65. The Morgan fingerprint density at radius 2 is 2.00 bits per heavy atom. The molecule has 0 radical (unpaired) electrons. The normalized spacial score (nSPS) is 31.5. The minimum absolute atomic E-state index is 0.238. The van der Waals surface area contributed by atoms with Crippen LogP contribution in [-0.2, 0) is 23.8 Å². The van der Waals surface area contributed by atoms with Gasteiger partial charge in [0, 0.05) is 13.0 Å². The third kappa shape index (κ3) is 5.53. The van der Waals surface area contributed by atoms with Crippen LogP contribution in [0.15, 0.2) is 0 Å². The second kappa shape index (κ2) is 9.73. The summed E-state index contributed by atoms with van der Waals surface area (Å²) in [5.41, 5.74) is 0. The maximum Gasteiger partial charge on any atom is 0.305 e. The lowest BCUT2D eigenvalue weighted by atomic mass is 9.97. The van der Waals surface area contributed by atoms with E-state index in [-0.39, 0.29) is 5.97 Å². The molecule has 128 valence electrons. The van der Waals surface area contributed by atoms with Crippen LogP contribution in [0.4, 0.5) is 0 Å². The van der Waals surface area contributed by atoms with Gasteiger partial charge in [-0.2, -0.15) is 0 Å². The molecule has 0 aliphatic carbocycles. The molecule has 0 unspecified atom stereocenters. The van der Waals surface area contributed by atoms with Gasteiger partial charge >= 0.3 is 5.97 Å². The average Bonchev–Trinajstić information content (AvgIpc) is 2.51. The van der Waals surface area contributed by atoms with Gasteiger partial charge < -0.3 is 29.7 Å². The van der Waals surface area contributed by atoms with Crippen molar-refractivity contribution >= 4 is 12.4 Å². The molecule has 0 aromatic heterocycles. The minimum atomic E-state index is -1.23. The maximum absolute atomic E-state index is 10.9. The van der Waals surface area contributed by atoms with E-state index in [0.717, 1.165) is 6.42 Å². The van der Waals surface area contributed by atoms with Gasteiger partial charge in [-0.25, -0.2) is 0 Å². The molecule has 1 amide bonds. The molecule has 0 aromatic carbocycles. The topological polar surface area (TPSA) is 114 Å². The Kier molecular flexibility index (Phi) is 8.32. The molecular formula is C14H25NO7. The summed E-state index contributed by atoms with van der Waals surface area (Å²) in [6.07, 6.45) is -0.786. The molecule has 8 heteroatoms. The summed E-state index contributed by atoms with van der Waals surface area (Å²) in [4.78, 5) is 21.4. The average molecular weight is 319 g/mol. The van der Waals surface area contributed by atoms with Crippen molar-refractivity contribution in [1.29, 1.82) is 0 Å². The summed E-state index contributed by atoms with van der Waals surface area (Å²) in [5, 5.41) is 22.3. The van der Waals surface area contributed by atoms with Crippen LogP contribution in [0.3, 0.4) is 0 Å². The Bertz CT molecular complexity index is 352. The standard InChI is InChI=1S/C14H25NO7/c1-9-11(15-8-16)12(18)13(19)14(22-9)21-7-5-3-4-6-10(17)20-2/h8-9,11-14,18-19H,3-7H2,1-2H3,(H,15,16)/t9-,11-,12+,13+,14+/m1/s1. The van der Waals surface area contributed by atoms with Gasteiger partial charge in [-0.3, -0.25) is 9.59 Å². The van der Waals surface area contributed by atoms with Gasteiger partial charge in [0.25, 0.3) is 0 Å². The molecule has 1 aliphatic heterocycles. The monoisotopic (exact) mass is 319 g/mol. The molecule has 22 heavy (non-hydrogen) atoms. The highest BCUT2D eigenvalue weighted by molar-refractivity contribution is 5.68. The Hall–Kier alpha value is -1.22. The van der Waals surface area contributed by atoms with Gasteiger partial charge in [-0.05, 0) is 19.8 Å². The highest BCUT2D eigenvalue weighted by Gasteiger charge is 2.42. The van der Waals surface area contributed by atoms with E-state index in [1.807, 2.05) is 0 Å². The van der Waals surface area contributed by atoms with Crippen LogP contribution in [0, 0.1) is 0 Å². The molecule has 1 fully saturated rings. The van der Waals surface area contributed by atoms with E-state index in [0.29, 0.717) is 32.3 Å². The first-order valence-corrected chi connectivity index (χ1v) is 7.41. The zero-order valence-electron chi connectivity index (χ0n) is 12.9. The Labute approximate surface area is 129 Å². The number of aliphatic hydroxyl groups excluding tert-OH is 2. The lowest BCUT2D eigenvalue weighted by Crippen LogP contribution is -2.62. The quantitative estimate of drug-likeness (QED) is 0.293. The lowest BCUT2D eigenvalue weighted by Gasteiger charge is -2.41. The fourth-order valence-corrected chi connectivity index (χ4v) is 2.33. The van der Waals surface area contributed by atoms with Crippen molar-refractivity contribution in [2.24, 2.45) is 0 Å². The Morgan fingerprint density at radius 3 is 2.64 bits per heavy atom. The highest BCUT2D eigenvalue weighted by atomic mass is 16.7. The van der Waals surface area contributed by atoms with Gasteiger partial charge in [0.15, 0.2) is 6.29 Å². The summed E-state index contributed by atoms with van der Waals surface area (Å²) in [5.74, 6) is -0.238. The van der Waals surface area contributed by atoms with Gasteiger partial charge in [0.1, 0.15) is 12.2 Å². The molecule has 0 aromatic rings. The van der Waals surface area contributed by atoms with Crippen LogP contribution in [-0.4, -0.2) is 67.0 Å². The van der Waals surface area contributed by atoms with E-state index in [4.69, 9.17) is 9.47 Å². The van der Waals surface area contributed by atoms with E-state index in [9.17, 15) is 19.8 Å². The van der Waals surface area contributed by atoms with Crippen LogP contribution in [0.5, 0.6) is 0 Å². The lowest BCUT2D eigenvalue weighted by molar-refractivity contribution is -0.271. The van der Waals surface area contributed by atoms with Crippen LogP contribution >= 0.6 is 0 Å². The number of carbonyl (C=O) groups is 2.